The molecule has 0 saturated heterocycles. The minimum Gasteiger partial charge on any atom is -0.481 e. The van der Waals surface area contributed by atoms with E-state index in [0.29, 0.717) is 17.0 Å². The van der Waals surface area contributed by atoms with Crippen LogP contribution in [0.3, 0.4) is 0 Å². The van der Waals surface area contributed by atoms with Crippen LogP contribution in [0, 0.1) is 31.6 Å². The molecule has 6 heteroatoms. The van der Waals surface area contributed by atoms with Crippen molar-refractivity contribution in [2.24, 2.45) is 17.8 Å². The Morgan fingerprint density at radius 1 is 1.30 bits per heavy atom. The molecule has 2 fully saturated rings. The Morgan fingerprint density at radius 2 is 2.00 bits per heavy atom. The van der Waals surface area contributed by atoms with Crippen molar-refractivity contribution in [3.63, 3.8) is 0 Å². The van der Waals surface area contributed by atoms with Gasteiger partial charge in [0.05, 0.1) is 11.6 Å². The van der Waals surface area contributed by atoms with Gasteiger partial charge in [0.1, 0.15) is 11.3 Å². The van der Waals surface area contributed by atoms with Crippen molar-refractivity contribution in [1.29, 1.82) is 0 Å². The molecule has 1 amide bonds. The normalized spacial score (nSPS) is 31.5. The highest BCUT2D eigenvalue weighted by Gasteiger charge is 2.51. The van der Waals surface area contributed by atoms with E-state index in [1.165, 1.54) is 0 Å². The number of rotatable bonds is 3. The van der Waals surface area contributed by atoms with Crippen molar-refractivity contribution in [2.45, 2.75) is 39.2 Å². The molecule has 6 nitrogen and oxygen atoms in total. The Kier molecular flexibility index (Phi) is 3.03. The summed E-state index contributed by atoms with van der Waals surface area (Å²) >= 11 is 0. The topological polar surface area (TPSA) is 92.4 Å². The standard InChI is InChI=1S/C14H18N2O4/c1-6-10(7(2)20-16-6)13(17)15-12-9-4-3-8(5-9)11(12)14(18)19/h8-9,11-12H,3-5H2,1-2H3,(H,15,17)(H,18,19). The van der Waals surface area contributed by atoms with E-state index in [1.54, 1.807) is 13.8 Å². The first-order chi connectivity index (χ1) is 9.49. The molecule has 0 aromatic carbocycles. The van der Waals surface area contributed by atoms with Gasteiger partial charge in [-0.05, 0) is 44.9 Å². The molecule has 2 aliphatic rings. The zero-order valence-corrected chi connectivity index (χ0v) is 11.5. The third kappa shape index (κ3) is 1.90. The second-order valence-electron chi connectivity index (χ2n) is 5.90. The summed E-state index contributed by atoms with van der Waals surface area (Å²) in [6, 6.07) is -0.271. The van der Waals surface area contributed by atoms with Crippen molar-refractivity contribution in [2.75, 3.05) is 0 Å². The second-order valence-corrected chi connectivity index (χ2v) is 5.90. The molecule has 1 aromatic heterocycles. The molecule has 3 rings (SSSR count). The smallest absolute Gasteiger partial charge is 0.308 e. The van der Waals surface area contributed by atoms with Gasteiger partial charge < -0.3 is 14.9 Å². The minimum absolute atomic E-state index is 0.201. The van der Waals surface area contributed by atoms with Crippen molar-refractivity contribution in [3.05, 3.63) is 17.0 Å². The number of nitrogens with zero attached hydrogens (tertiary/aromatic N) is 1. The zero-order valence-electron chi connectivity index (χ0n) is 11.5. The Labute approximate surface area is 116 Å². The van der Waals surface area contributed by atoms with Crippen molar-refractivity contribution in [3.8, 4) is 0 Å². The van der Waals surface area contributed by atoms with Gasteiger partial charge in [-0.2, -0.15) is 0 Å². The van der Waals surface area contributed by atoms with Gasteiger partial charge in [-0.1, -0.05) is 5.16 Å². The van der Waals surface area contributed by atoms with Gasteiger partial charge in [-0.3, -0.25) is 9.59 Å². The summed E-state index contributed by atoms with van der Waals surface area (Å²) in [6.45, 7) is 3.39. The van der Waals surface area contributed by atoms with Gasteiger partial charge in [0.2, 0.25) is 0 Å². The number of carboxylic acids is 1. The fourth-order valence-corrected chi connectivity index (χ4v) is 3.89. The third-order valence-electron chi connectivity index (χ3n) is 4.76. The average Bonchev–Trinajstić information content (AvgIpc) is 3.04. The highest BCUT2D eigenvalue weighted by Crippen LogP contribution is 2.48. The molecule has 4 atom stereocenters. The quantitative estimate of drug-likeness (QED) is 0.874. The lowest BCUT2D eigenvalue weighted by atomic mass is 9.84. The Hall–Kier alpha value is -1.85. The molecule has 4 unspecified atom stereocenters. The van der Waals surface area contributed by atoms with E-state index >= 15 is 0 Å². The summed E-state index contributed by atoms with van der Waals surface area (Å²) in [5.41, 5.74) is 0.965. The number of amides is 1. The summed E-state index contributed by atoms with van der Waals surface area (Å²) in [7, 11) is 0. The summed E-state index contributed by atoms with van der Waals surface area (Å²) in [5.74, 6) is -0.586. The average molecular weight is 278 g/mol. The maximum Gasteiger partial charge on any atom is 0.308 e. The lowest BCUT2D eigenvalue weighted by Crippen LogP contribution is -2.47. The molecule has 0 aliphatic heterocycles. The number of carbonyl (C=O) groups excluding carboxylic acids is 1. The largest absolute Gasteiger partial charge is 0.481 e. The highest BCUT2D eigenvalue weighted by atomic mass is 16.5. The van der Waals surface area contributed by atoms with Gasteiger partial charge >= 0.3 is 5.97 Å². The molecular formula is C14H18N2O4. The number of hydrogen-bond acceptors (Lipinski definition) is 4. The van der Waals surface area contributed by atoms with E-state index in [-0.39, 0.29) is 23.8 Å². The SMILES string of the molecule is Cc1noc(C)c1C(=O)NC1C2CCC(C2)C1C(=O)O. The molecule has 1 aromatic rings. The number of hydrogen-bond donors (Lipinski definition) is 2. The molecule has 1 heterocycles. The number of fused-ring (bicyclic) bond motifs is 2. The molecule has 2 N–H and O–H groups in total. The van der Waals surface area contributed by atoms with Crippen LogP contribution in [0.25, 0.3) is 0 Å². The lowest BCUT2D eigenvalue weighted by molar-refractivity contribution is -0.144. The summed E-state index contributed by atoms with van der Waals surface area (Å²) in [6.07, 6.45) is 2.86. The molecule has 20 heavy (non-hydrogen) atoms. The Morgan fingerprint density at radius 3 is 2.60 bits per heavy atom. The first-order valence-corrected chi connectivity index (χ1v) is 6.95. The minimum atomic E-state index is -0.804. The molecule has 108 valence electrons. The number of carboxylic acid groups (broad SMARTS) is 1. The fourth-order valence-electron chi connectivity index (χ4n) is 3.89. The number of carbonyl (C=O) groups is 2. The fraction of sp³-hybridized carbons (Fsp3) is 0.643. The van der Waals surface area contributed by atoms with E-state index in [9.17, 15) is 14.7 Å². The summed E-state index contributed by atoms with van der Waals surface area (Å²) in [5, 5.41) is 16.0. The summed E-state index contributed by atoms with van der Waals surface area (Å²) in [4.78, 5) is 23.8. The maximum absolute atomic E-state index is 12.3. The molecule has 0 radical (unpaired) electrons. The van der Waals surface area contributed by atoms with Crippen LogP contribution < -0.4 is 5.32 Å². The predicted molar refractivity (Wildman–Crippen MR) is 69.2 cm³/mol. The van der Waals surface area contributed by atoms with Crippen LogP contribution in [-0.4, -0.2) is 28.2 Å². The lowest BCUT2D eigenvalue weighted by Gasteiger charge is -2.28. The van der Waals surface area contributed by atoms with Gasteiger partial charge in [-0.15, -0.1) is 0 Å². The van der Waals surface area contributed by atoms with Crippen molar-refractivity contribution < 1.29 is 19.2 Å². The number of aromatic nitrogens is 1. The highest BCUT2D eigenvalue weighted by molar-refractivity contribution is 5.96. The van der Waals surface area contributed by atoms with Crippen LogP contribution in [0.5, 0.6) is 0 Å². The van der Waals surface area contributed by atoms with E-state index in [1.807, 2.05) is 0 Å². The van der Waals surface area contributed by atoms with Crippen LogP contribution >= 0.6 is 0 Å². The number of aryl methyl sites for hydroxylation is 2. The zero-order chi connectivity index (χ0) is 14.4. The Balaban J connectivity index is 1.80. The third-order valence-corrected chi connectivity index (χ3v) is 4.76. The van der Waals surface area contributed by atoms with Gasteiger partial charge in [0.15, 0.2) is 0 Å². The van der Waals surface area contributed by atoms with E-state index in [0.717, 1.165) is 19.3 Å². The first kappa shape index (κ1) is 13.1. The monoisotopic (exact) mass is 278 g/mol. The number of nitrogens with one attached hydrogen (secondary N) is 1. The second kappa shape index (κ2) is 4.61. The van der Waals surface area contributed by atoms with E-state index in [2.05, 4.69) is 10.5 Å². The van der Waals surface area contributed by atoms with Gasteiger partial charge in [0, 0.05) is 6.04 Å². The molecule has 2 aliphatic carbocycles. The first-order valence-electron chi connectivity index (χ1n) is 6.95. The van der Waals surface area contributed by atoms with Crippen molar-refractivity contribution in [1.82, 2.24) is 10.5 Å². The van der Waals surface area contributed by atoms with Crippen LogP contribution in [0.4, 0.5) is 0 Å². The molecule has 0 spiro atoms. The van der Waals surface area contributed by atoms with Crippen LogP contribution in [0.2, 0.25) is 0 Å². The van der Waals surface area contributed by atoms with Crippen molar-refractivity contribution >= 4 is 11.9 Å². The molecular weight excluding hydrogens is 260 g/mol. The Bertz CT molecular complexity index is 546. The van der Waals surface area contributed by atoms with Gasteiger partial charge in [0.25, 0.3) is 5.91 Å². The van der Waals surface area contributed by atoms with Gasteiger partial charge in [-0.25, -0.2) is 0 Å². The van der Waals surface area contributed by atoms with Crippen LogP contribution in [-0.2, 0) is 4.79 Å². The molecule has 2 saturated carbocycles. The van der Waals surface area contributed by atoms with Crippen LogP contribution in [0.15, 0.2) is 4.52 Å². The predicted octanol–water partition coefficient (Wildman–Crippen LogP) is 1.52. The maximum atomic E-state index is 12.3. The van der Waals surface area contributed by atoms with E-state index in [4.69, 9.17) is 4.52 Å². The summed E-state index contributed by atoms with van der Waals surface area (Å²) < 4.78 is 4.99. The van der Waals surface area contributed by atoms with E-state index < -0.39 is 11.9 Å². The van der Waals surface area contributed by atoms with Crippen LogP contribution in [0.1, 0.15) is 41.1 Å². The molecule has 2 bridgehead atoms. The number of aliphatic carboxylic acids is 1.